The summed E-state index contributed by atoms with van der Waals surface area (Å²) < 4.78 is 44.3. The lowest BCUT2D eigenvalue weighted by Crippen LogP contribution is -2.07. The molecule has 0 amide bonds. The molecule has 0 aliphatic rings. The molecule has 0 saturated heterocycles. The van der Waals surface area contributed by atoms with E-state index >= 15 is 0 Å². The summed E-state index contributed by atoms with van der Waals surface area (Å²) >= 11 is 0. The first-order valence-electron chi connectivity index (χ1n) is 5.52. The van der Waals surface area contributed by atoms with Gasteiger partial charge in [-0.2, -0.15) is 8.78 Å². The predicted molar refractivity (Wildman–Crippen MR) is 62.1 cm³/mol. The number of hydrogen-bond acceptors (Lipinski definition) is 3. The molecular weight excluding hydrogens is 259 g/mol. The van der Waals surface area contributed by atoms with Gasteiger partial charge >= 0.3 is 6.55 Å². The molecule has 102 valence electrons. The second-order valence-corrected chi connectivity index (χ2v) is 3.82. The molecule has 0 bridgehead atoms. The third-order valence-corrected chi connectivity index (χ3v) is 2.49. The van der Waals surface area contributed by atoms with Crippen LogP contribution in [0.2, 0.25) is 0 Å². The number of imidazole rings is 1. The summed E-state index contributed by atoms with van der Waals surface area (Å²) in [6.45, 7) is -2.70. The van der Waals surface area contributed by atoms with Gasteiger partial charge in [0.1, 0.15) is 18.2 Å². The largest absolute Gasteiger partial charge is 0.486 e. The van der Waals surface area contributed by atoms with Gasteiger partial charge in [0, 0.05) is 25.0 Å². The van der Waals surface area contributed by atoms with Gasteiger partial charge in [-0.05, 0) is 17.7 Å². The van der Waals surface area contributed by atoms with Gasteiger partial charge in [0.2, 0.25) is 0 Å². The molecule has 1 heterocycles. The third-order valence-electron chi connectivity index (χ3n) is 2.49. The Labute approximate surface area is 107 Å². The first kappa shape index (κ1) is 13.4. The van der Waals surface area contributed by atoms with E-state index in [-0.39, 0.29) is 24.7 Å². The van der Waals surface area contributed by atoms with E-state index in [2.05, 4.69) is 4.98 Å². The number of nitrogens with zero attached hydrogens (tertiary/aromatic N) is 2. The number of hydrogen-bond donors (Lipinski definition) is 1. The number of aromatic nitrogens is 2. The molecule has 7 heteroatoms. The average molecular weight is 271 g/mol. The van der Waals surface area contributed by atoms with E-state index in [4.69, 9.17) is 10.5 Å². The summed E-state index contributed by atoms with van der Waals surface area (Å²) in [4.78, 5) is 3.76. The molecule has 0 radical (unpaired) electrons. The van der Waals surface area contributed by atoms with Gasteiger partial charge in [-0.25, -0.2) is 9.37 Å². The van der Waals surface area contributed by atoms with Crippen molar-refractivity contribution in [3.05, 3.63) is 47.8 Å². The Kier molecular flexibility index (Phi) is 4.06. The Morgan fingerprint density at radius 2 is 2.11 bits per heavy atom. The van der Waals surface area contributed by atoms with Crippen molar-refractivity contribution in [1.82, 2.24) is 9.55 Å². The van der Waals surface area contributed by atoms with Gasteiger partial charge in [0.25, 0.3) is 0 Å². The zero-order chi connectivity index (χ0) is 13.8. The van der Waals surface area contributed by atoms with E-state index < -0.39 is 12.4 Å². The Balaban J connectivity index is 2.10. The van der Waals surface area contributed by atoms with E-state index in [9.17, 15) is 13.2 Å². The van der Waals surface area contributed by atoms with Gasteiger partial charge in [-0.3, -0.25) is 4.57 Å². The van der Waals surface area contributed by atoms with E-state index in [1.54, 1.807) is 6.07 Å². The van der Waals surface area contributed by atoms with Crippen LogP contribution in [-0.2, 0) is 13.2 Å². The van der Waals surface area contributed by atoms with Crippen LogP contribution in [0, 0.1) is 5.82 Å². The molecular formula is C12H12F3N3O. The van der Waals surface area contributed by atoms with Crippen LogP contribution in [-0.4, -0.2) is 9.55 Å². The molecule has 2 rings (SSSR count). The topological polar surface area (TPSA) is 53.1 Å². The molecule has 1 aromatic carbocycles. The molecule has 0 aliphatic heterocycles. The first-order valence-corrected chi connectivity index (χ1v) is 5.52. The van der Waals surface area contributed by atoms with Crippen molar-refractivity contribution in [2.24, 2.45) is 5.73 Å². The van der Waals surface area contributed by atoms with Gasteiger partial charge < -0.3 is 10.5 Å². The van der Waals surface area contributed by atoms with Crippen molar-refractivity contribution in [3.63, 3.8) is 0 Å². The summed E-state index contributed by atoms with van der Waals surface area (Å²) in [5, 5.41) is 0. The van der Waals surface area contributed by atoms with Crippen molar-refractivity contribution in [2.75, 3.05) is 0 Å². The van der Waals surface area contributed by atoms with E-state index in [1.807, 2.05) is 0 Å². The summed E-state index contributed by atoms with van der Waals surface area (Å²) in [6.07, 6.45) is 2.40. The highest BCUT2D eigenvalue weighted by Gasteiger charge is 2.12. The summed E-state index contributed by atoms with van der Waals surface area (Å²) in [6, 6.07) is 4.00. The minimum Gasteiger partial charge on any atom is -0.486 e. The van der Waals surface area contributed by atoms with Crippen molar-refractivity contribution < 1.29 is 17.9 Å². The molecule has 4 nitrogen and oxygen atoms in total. The fourth-order valence-electron chi connectivity index (χ4n) is 1.60. The maximum Gasteiger partial charge on any atom is 0.320 e. The lowest BCUT2D eigenvalue weighted by Gasteiger charge is -2.09. The van der Waals surface area contributed by atoms with Crippen molar-refractivity contribution in [2.45, 2.75) is 19.7 Å². The molecule has 1 aromatic heterocycles. The molecule has 0 saturated carbocycles. The quantitative estimate of drug-likeness (QED) is 0.908. The van der Waals surface area contributed by atoms with E-state index in [0.717, 1.165) is 12.3 Å². The first-order chi connectivity index (χ1) is 9.10. The maximum absolute atomic E-state index is 13.2. The molecule has 19 heavy (non-hydrogen) atoms. The van der Waals surface area contributed by atoms with E-state index in [0.29, 0.717) is 10.1 Å². The molecule has 0 unspecified atom stereocenters. The fourth-order valence-corrected chi connectivity index (χ4v) is 1.60. The summed E-state index contributed by atoms with van der Waals surface area (Å²) in [5.74, 6) is -0.201. The van der Waals surface area contributed by atoms with Crippen molar-refractivity contribution in [3.8, 4) is 5.75 Å². The number of halogens is 3. The second-order valence-electron chi connectivity index (χ2n) is 3.82. The second kappa shape index (κ2) is 5.75. The highest BCUT2D eigenvalue weighted by molar-refractivity contribution is 5.29. The standard InChI is InChI=1S/C12H12F3N3O/c13-9-3-8(6-16)4-10(5-9)19-7-11-17-1-2-18(11)12(14)15/h1-5,12H,6-7,16H2. The van der Waals surface area contributed by atoms with Crippen LogP contribution in [0.5, 0.6) is 5.75 Å². The lowest BCUT2D eigenvalue weighted by molar-refractivity contribution is 0.0632. The fraction of sp³-hybridized carbons (Fsp3) is 0.250. The zero-order valence-corrected chi connectivity index (χ0v) is 9.89. The van der Waals surface area contributed by atoms with Crippen LogP contribution in [0.15, 0.2) is 30.6 Å². The molecule has 0 fully saturated rings. The Morgan fingerprint density at radius 3 is 2.79 bits per heavy atom. The van der Waals surface area contributed by atoms with E-state index in [1.165, 1.54) is 12.3 Å². The van der Waals surface area contributed by atoms with Crippen LogP contribution >= 0.6 is 0 Å². The van der Waals surface area contributed by atoms with Crippen LogP contribution in [0.4, 0.5) is 13.2 Å². The van der Waals surface area contributed by atoms with Gasteiger partial charge in [-0.1, -0.05) is 0 Å². The molecule has 2 N–H and O–H groups in total. The van der Waals surface area contributed by atoms with Gasteiger partial charge in [0.15, 0.2) is 5.82 Å². The average Bonchev–Trinajstić information content (AvgIpc) is 2.84. The number of alkyl halides is 2. The Morgan fingerprint density at radius 1 is 1.32 bits per heavy atom. The van der Waals surface area contributed by atoms with Gasteiger partial charge in [0.05, 0.1) is 0 Å². The smallest absolute Gasteiger partial charge is 0.320 e. The maximum atomic E-state index is 13.2. The summed E-state index contributed by atoms with van der Waals surface area (Å²) in [5.41, 5.74) is 5.97. The zero-order valence-electron chi connectivity index (χ0n) is 9.89. The summed E-state index contributed by atoms with van der Waals surface area (Å²) in [7, 11) is 0. The van der Waals surface area contributed by atoms with Crippen LogP contribution in [0.3, 0.4) is 0 Å². The normalized spacial score (nSPS) is 11.0. The van der Waals surface area contributed by atoms with Crippen LogP contribution in [0.1, 0.15) is 17.9 Å². The Bertz CT molecular complexity index is 557. The monoisotopic (exact) mass is 271 g/mol. The minimum absolute atomic E-state index is 0.0635. The van der Waals surface area contributed by atoms with Crippen molar-refractivity contribution in [1.29, 1.82) is 0 Å². The highest BCUT2D eigenvalue weighted by Crippen LogP contribution is 2.19. The molecule has 0 spiro atoms. The highest BCUT2D eigenvalue weighted by atomic mass is 19.3. The minimum atomic E-state index is -2.69. The third kappa shape index (κ3) is 3.25. The van der Waals surface area contributed by atoms with Gasteiger partial charge in [-0.15, -0.1) is 0 Å². The van der Waals surface area contributed by atoms with Crippen LogP contribution < -0.4 is 10.5 Å². The number of benzene rings is 1. The van der Waals surface area contributed by atoms with Crippen molar-refractivity contribution >= 4 is 0 Å². The van der Waals surface area contributed by atoms with Crippen LogP contribution in [0.25, 0.3) is 0 Å². The number of nitrogens with two attached hydrogens (primary N) is 1. The Hall–Kier alpha value is -2.02. The predicted octanol–water partition coefficient (Wildman–Crippen LogP) is 2.46. The number of rotatable bonds is 5. The number of ether oxygens (including phenoxy) is 1. The molecule has 2 aromatic rings. The SMILES string of the molecule is NCc1cc(F)cc(OCc2nccn2C(F)F)c1. The molecule has 0 atom stereocenters. The molecule has 0 aliphatic carbocycles. The lowest BCUT2D eigenvalue weighted by atomic mass is 10.2.